The van der Waals surface area contributed by atoms with Crippen LogP contribution in [0.1, 0.15) is 16.8 Å². The van der Waals surface area contributed by atoms with E-state index >= 15 is 0 Å². The van der Waals surface area contributed by atoms with Crippen LogP contribution in [0.2, 0.25) is 0 Å². The molecule has 0 amide bonds. The molecule has 8 heteroatoms. The highest BCUT2D eigenvalue weighted by Gasteiger charge is 2.43. The van der Waals surface area contributed by atoms with Crippen molar-refractivity contribution < 1.29 is 30.3 Å². The van der Waals surface area contributed by atoms with E-state index in [0.717, 1.165) is 16.5 Å². The molecule has 1 aliphatic heterocycles. The highest BCUT2D eigenvalue weighted by Crippen LogP contribution is 2.29. The van der Waals surface area contributed by atoms with Gasteiger partial charge in [0, 0.05) is 11.9 Å². The summed E-state index contributed by atoms with van der Waals surface area (Å²) in [6, 6.07) is 4.59. The van der Waals surface area contributed by atoms with Crippen molar-refractivity contribution in [2.24, 2.45) is 0 Å². The maximum absolute atomic E-state index is 10.3. The first-order chi connectivity index (χ1) is 12.3. The fourth-order valence-corrected chi connectivity index (χ4v) is 3.29. The molecule has 8 nitrogen and oxygen atoms in total. The van der Waals surface area contributed by atoms with Gasteiger partial charge in [-0.2, -0.15) is 0 Å². The molecule has 0 bridgehead atoms. The second-order valence-corrected chi connectivity index (χ2v) is 6.69. The number of nitrogens with zero attached hydrogens (tertiary/aromatic N) is 1. The number of aliphatic hydroxyl groups excluding tert-OH is 4. The number of aromatic nitrogens is 1. The molecule has 6 N–H and O–H groups in total. The fourth-order valence-electron chi connectivity index (χ4n) is 3.29. The molecular weight excluding hydrogens is 340 g/mol. The van der Waals surface area contributed by atoms with Crippen LogP contribution in [-0.2, 0) is 11.3 Å². The maximum atomic E-state index is 10.3. The van der Waals surface area contributed by atoms with Crippen LogP contribution in [0.5, 0.6) is 5.75 Å². The summed E-state index contributed by atoms with van der Waals surface area (Å²) >= 11 is 0. The van der Waals surface area contributed by atoms with Crippen molar-refractivity contribution in [3.05, 3.63) is 35.0 Å². The van der Waals surface area contributed by atoms with Gasteiger partial charge in [-0.1, -0.05) is 12.1 Å². The maximum Gasteiger partial charge on any atom is 0.173 e. The summed E-state index contributed by atoms with van der Waals surface area (Å²) in [5, 5.41) is 53.2. The van der Waals surface area contributed by atoms with E-state index < -0.39 is 37.3 Å². The van der Waals surface area contributed by atoms with Crippen LogP contribution in [0, 0.1) is 13.8 Å². The highest BCUT2D eigenvalue weighted by molar-refractivity contribution is 5.88. The lowest BCUT2D eigenvalue weighted by molar-refractivity contribution is -0.254. The van der Waals surface area contributed by atoms with Gasteiger partial charge in [-0.15, -0.1) is 0 Å². The first-order valence-corrected chi connectivity index (χ1v) is 8.46. The molecule has 2 aromatic rings. The summed E-state index contributed by atoms with van der Waals surface area (Å²) in [5.74, 6) is 0.120. The Kier molecular flexibility index (Phi) is 5.42. The van der Waals surface area contributed by atoms with E-state index in [2.05, 4.69) is 10.3 Å². The van der Waals surface area contributed by atoms with E-state index in [0.29, 0.717) is 11.2 Å². The van der Waals surface area contributed by atoms with Gasteiger partial charge in [0.25, 0.3) is 0 Å². The zero-order valence-corrected chi connectivity index (χ0v) is 14.6. The minimum atomic E-state index is -1.39. The van der Waals surface area contributed by atoms with Crippen molar-refractivity contribution in [2.45, 2.75) is 51.0 Å². The average Bonchev–Trinajstić information content (AvgIpc) is 2.62. The predicted octanol–water partition coefficient (Wildman–Crippen LogP) is -0.553. The van der Waals surface area contributed by atoms with Crippen LogP contribution in [0.25, 0.3) is 10.9 Å². The van der Waals surface area contributed by atoms with Crippen molar-refractivity contribution in [3.8, 4) is 5.75 Å². The number of hydrogen-bond acceptors (Lipinski definition) is 8. The molecule has 2 heterocycles. The Balaban J connectivity index is 1.78. The lowest BCUT2D eigenvalue weighted by Crippen LogP contribution is -2.63. The number of pyridine rings is 1. The van der Waals surface area contributed by atoms with E-state index in [1.807, 2.05) is 19.1 Å². The van der Waals surface area contributed by atoms with Crippen molar-refractivity contribution in [1.82, 2.24) is 10.3 Å². The van der Waals surface area contributed by atoms with Crippen molar-refractivity contribution in [3.63, 3.8) is 0 Å². The largest absolute Gasteiger partial charge is 0.505 e. The number of nitrogens with one attached hydrogen (secondary N) is 1. The van der Waals surface area contributed by atoms with Gasteiger partial charge < -0.3 is 35.6 Å². The van der Waals surface area contributed by atoms with Crippen LogP contribution in [0.3, 0.4) is 0 Å². The molecular formula is C18H24N2O6. The molecule has 1 aromatic heterocycles. The van der Waals surface area contributed by atoms with Gasteiger partial charge in [-0.3, -0.25) is 0 Å². The second kappa shape index (κ2) is 7.43. The molecule has 0 spiro atoms. The number of aliphatic hydroxyl groups is 4. The number of phenolic OH excluding ortho intramolecular Hbond substituents is 1. The van der Waals surface area contributed by atoms with E-state index in [9.17, 15) is 20.4 Å². The SMILES string of the molecule is Cc1cc(C)c2ccc(CN[C@H]3C(O)O[C@H](CO)[C@@H](O)[C@@H]3O)nc2c1O. The number of fused-ring (bicyclic) bond motifs is 1. The quantitative estimate of drug-likeness (QED) is 0.425. The molecule has 1 aliphatic rings. The minimum absolute atomic E-state index is 0.120. The Morgan fingerprint density at radius 2 is 1.85 bits per heavy atom. The summed E-state index contributed by atoms with van der Waals surface area (Å²) in [6.07, 6.45) is -5.06. The highest BCUT2D eigenvalue weighted by atomic mass is 16.6. The van der Waals surface area contributed by atoms with E-state index in [1.165, 1.54) is 0 Å². The molecule has 5 atom stereocenters. The smallest absolute Gasteiger partial charge is 0.173 e. The summed E-state index contributed by atoms with van der Waals surface area (Å²) in [6.45, 7) is 3.42. The molecule has 1 saturated heterocycles. The number of aromatic hydroxyl groups is 1. The molecule has 1 aromatic carbocycles. The van der Waals surface area contributed by atoms with Crippen molar-refractivity contribution in [1.29, 1.82) is 0 Å². The molecule has 142 valence electrons. The monoisotopic (exact) mass is 364 g/mol. The lowest BCUT2D eigenvalue weighted by atomic mass is 9.97. The number of hydrogen-bond donors (Lipinski definition) is 6. The molecule has 26 heavy (non-hydrogen) atoms. The standard InChI is InChI=1S/C18H24N2O6/c1-8-5-9(2)15(22)13-11(8)4-3-10(20-13)6-19-14-17(24)16(23)12(7-21)26-18(14)25/h3-5,12,14,16-19,21-25H,6-7H2,1-2H3/t12-,14-,16-,17-,18?/m1/s1. The van der Waals surface area contributed by atoms with Crippen molar-refractivity contribution in [2.75, 3.05) is 6.61 Å². The number of aryl methyl sites for hydroxylation is 2. The van der Waals surface area contributed by atoms with Crippen LogP contribution in [0.4, 0.5) is 0 Å². The van der Waals surface area contributed by atoms with Gasteiger partial charge in [0.05, 0.1) is 18.3 Å². The van der Waals surface area contributed by atoms with Crippen LogP contribution in [-0.4, -0.2) is 67.8 Å². The summed E-state index contributed by atoms with van der Waals surface area (Å²) < 4.78 is 5.11. The van der Waals surface area contributed by atoms with Gasteiger partial charge in [0.1, 0.15) is 29.6 Å². The third-order valence-electron chi connectivity index (χ3n) is 4.83. The minimum Gasteiger partial charge on any atom is -0.505 e. The lowest BCUT2D eigenvalue weighted by Gasteiger charge is -2.40. The third kappa shape index (κ3) is 3.39. The number of benzene rings is 1. The van der Waals surface area contributed by atoms with E-state index in [4.69, 9.17) is 9.84 Å². The van der Waals surface area contributed by atoms with Crippen LogP contribution < -0.4 is 5.32 Å². The Labute approximate surface area is 150 Å². The number of phenols is 1. The zero-order chi connectivity index (χ0) is 19.0. The average molecular weight is 364 g/mol. The van der Waals surface area contributed by atoms with Gasteiger partial charge in [-0.25, -0.2) is 4.98 Å². The fraction of sp³-hybridized carbons (Fsp3) is 0.500. The normalized spacial score (nSPS) is 29.2. The Morgan fingerprint density at radius 1 is 1.12 bits per heavy atom. The summed E-state index contributed by atoms with van der Waals surface area (Å²) in [4.78, 5) is 4.46. The van der Waals surface area contributed by atoms with Gasteiger partial charge in [0.15, 0.2) is 6.29 Å². The molecule has 0 aliphatic carbocycles. The Bertz CT molecular complexity index is 799. The van der Waals surface area contributed by atoms with Gasteiger partial charge in [-0.05, 0) is 31.0 Å². The van der Waals surface area contributed by atoms with E-state index in [1.54, 1.807) is 13.0 Å². The topological polar surface area (TPSA) is 135 Å². The first kappa shape index (κ1) is 19.0. The third-order valence-corrected chi connectivity index (χ3v) is 4.83. The van der Waals surface area contributed by atoms with Crippen LogP contribution in [0.15, 0.2) is 18.2 Å². The van der Waals surface area contributed by atoms with Crippen molar-refractivity contribution >= 4 is 10.9 Å². The molecule has 0 saturated carbocycles. The second-order valence-electron chi connectivity index (χ2n) is 6.69. The molecule has 3 rings (SSSR count). The predicted molar refractivity (Wildman–Crippen MR) is 93.5 cm³/mol. The number of rotatable bonds is 4. The first-order valence-electron chi connectivity index (χ1n) is 8.46. The molecule has 1 unspecified atom stereocenters. The van der Waals surface area contributed by atoms with Crippen LogP contribution >= 0.6 is 0 Å². The zero-order valence-electron chi connectivity index (χ0n) is 14.6. The Morgan fingerprint density at radius 3 is 2.54 bits per heavy atom. The molecule has 1 fully saturated rings. The van der Waals surface area contributed by atoms with Gasteiger partial charge in [0.2, 0.25) is 0 Å². The molecule has 0 radical (unpaired) electrons. The summed E-state index contributed by atoms with van der Waals surface area (Å²) in [5.41, 5.74) is 2.82. The van der Waals surface area contributed by atoms with Gasteiger partial charge >= 0.3 is 0 Å². The number of ether oxygens (including phenoxy) is 1. The summed E-state index contributed by atoms with van der Waals surface area (Å²) in [7, 11) is 0. The van der Waals surface area contributed by atoms with E-state index in [-0.39, 0.29) is 12.3 Å². The Hall–Kier alpha value is -1.81.